The van der Waals surface area contributed by atoms with Gasteiger partial charge in [0.25, 0.3) is 5.91 Å². The van der Waals surface area contributed by atoms with Crippen molar-refractivity contribution in [3.63, 3.8) is 0 Å². The number of carbonyl (C=O) groups excluding carboxylic acids is 3. The quantitative estimate of drug-likeness (QED) is 0.172. The second-order valence-corrected chi connectivity index (χ2v) is 10.9. The molecule has 234 valence electrons. The molecule has 46 heavy (non-hydrogen) atoms. The van der Waals surface area contributed by atoms with E-state index in [4.69, 9.17) is 5.73 Å². The van der Waals surface area contributed by atoms with Crippen LogP contribution in [-0.4, -0.2) is 80.6 Å². The van der Waals surface area contributed by atoms with Gasteiger partial charge in [0.15, 0.2) is 5.65 Å². The number of rotatable bonds is 8. The van der Waals surface area contributed by atoms with E-state index in [1.54, 1.807) is 90.7 Å². The molecule has 1 aliphatic rings. The van der Waals surface area contributed by atoms with E-state index in [-0.39, 0.29) is 5.91 Å². The molecule has 14 nitrogen and oxygen atoms in total. The molecule has 1 fully saturated rings. The zero-order chi connectivity index (χ0) is 32.2. The van der Waals surface area contributed by atoms with Gasteiger partial charge in [0.1, 0.15) is 5.82 Å². The first kappa shape index (κ1) is 30.0. The Bertz CT molecular complexity index is 1880. The standard InChI is InChI=1S/C32H33N11O3/c1-41-15-17-43(18-16-41)30(45)21-5-9-24(10-6-21)37-32(46)38-25-13-11-23(12-14-25)36-31-39-28(26-19-34-42(2)29(26)40-31)35-22-7-3-20(4-8-22)27(33)44/h3-14,19H,15-18H2,1-2H3,(H2,33,44)(H2,37,38,46)(H2,35,36,39,40). The van der Waals surface area contributed by atoms with Gasteiger partial charge in [0, 0.05) is 67.1 Å². The fraction of sp³-hybridized carbons (Fsp3) is 0.188. The number of benzene rings is 3. The number of anilines is 6. The normalized spacial score (nSPS) is 13.3. The van der Waals surface area contributed by atoms with Gasteiger partial charge in [-0.05, 0) is 79.8 Å². The average molecular weight is 620 g/mol. The fourth-order valence-electron chi connectivity index (χ4n) is 4.98. The van der Waals surface area contributed by atoms with E-state index in [1.165, 1.54) is 0 Å². The number of aromatic nitrogens is 4. The van der Waals surface area contributed by atoms with Crippen LogP contribution in [0.25, 0.3) is 11.0 Å². The monoisotopic (exact) mass is 619 g/mol. The Hall–Kier alpha value is -6.02. The Balaban J connectivity index is 1.07. The third kappa shape index (κ3) is 6.87. The Morgan fingerprint density at radius 3 is 1.87 bits per heavy atom. The number of likely N-dealkylation sites (N-methyl/N-ethyl adjacent to an activating group) is 1. The molecule has 0 aliphatic carbocycles. The third-order valence-corrected chi connectivity index (χ3v) is 7.60. The summed E-state index contributed by atoms with van der Waals surface area (Å²) < 4.78 is 1.65. The Labute approximate surface area is 264 Å². The van der Waals surface area contributed by atoms with Crippen LogP contribution >= 0.6 is 0 Å². The van der Waals surface area contributed by atoms with Crippen molar-refractivity contribution in [2.45, 2.75) is 0 Å². The summed E-state index contributed by atoms with van der Waals surface area (Å²) in [5.41, 5.74) is 9.52. The SMILES string of the molecule is CN1CCN(C(=O)c2ccc(NC(=O)Nc3ccc(Nc4nc(Nc5ccc(C(N)=O)cc5)c5cnn(C)c5n4)cc3)cc2)CC1. The fourth-order valence-corrected chi connectivity index (χ4v) is 4.98. The summed E-state index contributed by atoms with van der Waals surface area (Å²) in [6, 6.07) is 20.3. The first-order chi connectivity index (χ1) is 22.2. The lowest BCUT2D eigenvalue weighted by atomic mass is 10.1. The number of urea groups is 1. The molecule has 14 heteroatoms. The van der Waals surface area contributed by atoms with Crippen LogP contribution in [0.5, 0.6) is 0 Å². The predicted octanol–water partition coefficient (Wildman–Crippen LogP) is 3.98. The van der Waals surface area contributed by atoms with Crippen LogP contribution in [0.2, 0.25) is 0 Å². The lowest BCUT2D eigenvalue weighted by molar-refractivity contribution is 0.0664. The molecule has 6 rings (SSSR count). The molecule has 0 unspecified atom stereocenters. The van der Waals surface area contributed by atoms with E-state index < -0.39 is 11.9 Å². The molecule has 1 aliphatic heterocycles. The number of hydrogen-bond acceptors (Lipinski definition) is 9. The Morgan fingerprint density at radius 2 is 1.24 bits per heavy atom. The molecular weight excluding hydrogens is 586 g/mol. The van der Waals surface area contributed by atoms with Gasteiger partial charge < -0.3 is 36.8 Å². The molecule has 0 spiro atoms. The van der Waals surface area contributed by atoms with Gasteiger partial charge in [-0.15, -0.1) is 0 Å². The first-order valence-corrected chi connectivity index (χ1v) is 14.6. The van der Waals surface area contributed by atoms with Crippen LogP contribution in [0.3, 0.4) is 0 Å². The number of nitrogens with two attached hydrogens (primary N) is 1. The van der Waals surface area contributed by atoms with Gasteiger partial charge in [-0.25, -0.2) is 4.79 Å². The first-order valence-electron chi connectivity index (χ1n) is 14.6. The van der Waals surface area contributed by atoms with Gasteiger partial charge in [0.05, 0.1) is 11.6 Å². The van der Waals surface area contributed by atoms with E-state index in [2.05, 4.69) is 41.2 Å². The van der Waals surface area contributed by atoms with Gasteiger partial charge in [0.2, 0.25) is 11.9 Å². The van der Waals surface area contributed by atoms with Crippen molar-refractivity contribution in [1.82, 2.24) is 29.5 Å². The van der Waals surface area contributed by atoms with Crippen molar-refractivity contribution in [2.75, 3.05) is 54.5 Å². The van der Waals surface area contributed by atoms with E-state index >= 15 is 0 Å². The van der Waals surface area contributed by atoms with Crippen LogP contribution in [0.15, 0.2) is 79.0 Å². The number of nitrogens with zero attached hydrogens (tertiary/aromatic N) is 6. The van der Waals surface area contributed by atoms with E-state index in [1.807, 2.05) is 11.9 Å². The molecular formula is C32H33N11O3. The molecule has 4 amide bonds. The van der Waals surface area contributed by atoms with Crippen LogP contribution in [0.1, 0.15) is 20.7 Å². The maximum Gasteiger partial charge on any atom is 0.323 e. The number of amides is 4. The maximum atomic E-state index is 12.8. The van der Waals surface area contributed by atoms with Crippen LogP contribution in [0.4, 0.5) is 39.3 Å². The molecule has 0 radical (unpaired) electrons. The summed E-state index contributed by atoms with van der Waals surface area (Å²) in [7, 11) is 3.84. The second-order valence-electron chi connectivity index (χ2n) is 10.9. The minimum absolute atomic E-state index is 0.00714. The van der Waals surface area contributed by atoms with Gasteiger partial charge in [-0.2, -0.15) is 15.1 Å². The highest BCUT2D eigenvalue weighted by atomic mass is 16.2. The molecule has 5 aromatic rings. The highest BCUT2D eigenvalue weighted by molar-refractivity contribution is 6.00. The molecule has 2 aromatic heterocycles. The summed E-state index contributed by atoms with van der Waals surface area (Å²) in [6.07, 6.45) is 1.67. The molecule has 0 atom stereocenters. The number of primary amides is 1. The lowest BCUT2D eigenvalue weighted by Crippen LogP contribution is -2.47. The molecule has 3 heterocycles. The Kier molecular flexibility index (Phi) is 8.43. The number of nitrogens with one attached hydrogen (secondary N) is 4. The minimum atomic E-state index is -0.503. The summed E-state index contributed by atoms with van der Waals surface area (Å²) in [5.74, 6) is 0.351. The molecule has 0 bridgehead atoms. The van der Waals surface area contributed by atoms with Crippen molar-refractivity contribution >= 4 is 63.4 Å². The molecule has 1 saturated heterocycles. The molecule has 6 N–H and O–H groups in total. The van der Waals surface area contributed by atoms with Gasteiger partial charge in [-0.1, -0.05) is 0 Å². The van der Waals surface area contributed by atoms with Crippen molar-refractivity contribution in [3.8, 4) is 0 Å². The van der Waals surface area contributed by atoms with Crippen molar-refractivity contribution in [3.05, 3.63) is 90.1 Å². The van der Waals surface area contributed by atoms with Crippen LogP contribution in [-0.2, 0) is 7.05 Å². The smallest absolute Gasteiger partial charge is 0.323 e. The average Bonchev–Trinajstić information content (AvgIpc) is 3.43. The second kappa shape index (κ2) is 12.9. The van der Waals surface area contributed by atoms with E-state index in [0.29, 0.717) is 69.8 Å². The topological polar surface area (TPSA) is 175 Å². The van der Waals surface area contributed by atoms with E-state index in [0.717, 1.165) is 13.1 Å². The number of hydrogen-bond donors (Lipinski definition) is 5. The van der Waals surface area contributed by atoms with E-state index in [9.17, 15) is 14.4 Å². The van der Waals surface area contributed by atoms with Crippen molar-refractivity contribution in [2.24, 2.45) is 12.8 Å². The number of fused-ring (bicyclic) bond motifs is 1. The molecule has 0 saturated carbocycles. The Morgan fingerprint density at radius 1 is 0.696 bits per heavy atom. The number of carbonyl (C=O) groups is 3. The summed E-state index contributed by atoms with van der Waals surface area (Å²) in [5, 5.41) is 17.1. The van der Waals surface area contributed by atoms with Crippen molar-refractivity contribution < 1.29 is 14.4 Å². The molecule has 3 aromatic carbocycles. The minimum Gasteiger partial charge on any atom is -0.366 e. The summed E-state index contributed by atoms with van der Waals surface area (Å²) in [4.78, 5) is 50.1. The number of piperazine rings is 1. The third-order valence-electron chi connectivity index (χ3n) is 7.60. The summed E-state index contributed by atoms with van der Waals surface area (Å²) >= 11 is 0. The highest BCUT2D eigenvalue weighted by Crippen LogP contribution is 2.27. The largest absolute Gasteiger partial charge is 0.366 e. The predicted molar refractivity (Wildman–Crippen MR) is 177 cm³/mol. The van der Waals surface area contributed by atoms with Gasteiger partial charge in [-0.3, -0.25) is 14.3 Å². The van der Waals surface area contributed by atoms with Crippen molar-refractivity contribution in [1.29, 1.82) is 0 Å². The van der Waals surface area contributed by atoms with Gasteiger partial charge >= 0.3 is 6.03 Å². The summed E-state index contributed by atoms with van der Waals surface area (Å²) in [6.45, 7) is 3.11. The van der Waals surface area contributed by atoms with Crippen LogP contribution in [0, 0.1) is 0 Å². The maximum absolute atomic E-state index is 12.8. The number of aryl methyl sites for hydroxylation is 1. The highest BCUT2D eigenvalue weighted by Gasteiger charge is 2.20. The zero-order valence-corrected chi connectivity index (χ0v) is 25.3. The lowest BCUT2D eigenvalue weighted by Gasteiger charge is -2.32. The van der Waals surface area contributed by atoms with Crippen LogP contribution < -0.4 is 27.0 Å². The zero-order valence-electron chi connectivity index (χ0n) is 25.3.